The number of aromatic hydroxyl groups is 1. The van der Waals surface area contributed by atoms with Gasteiger partial charge in [-0.05, 0) is 67.9 Å². The number of phenols is 1. The van der Waals surface area contributed by atoms with Gasteiger partial charge < -0.3 is 15.3 Å². The van der Waals surface area contributed by atoms with Crippen LogP contribution in [0.4, 0.5) is 5.69 Å². The van der Waals surface area contributed by atoms with Crippen molar-refractivity contribution in [2.45, 2.75) is 61.3 Å². The minimum absolute atomic E-state index is 0.287. The Kier molecular flexibility index (Phi) is 10.9. The summed E-state index contributed by atoms with van der Waals surface area (Å²) in [5.74, 6) is 6.97. The molecule has 4 nitrogen and oxygen atoms in total. The number of nitrogens with two attached hydrogens (primary N) is 1. The maximum absolute atomic E-state index is 9.85. The Morgan fingerprint density at radius 1 is 1.16 bits per heavy atom. The monoisotopic (exact) mass is 424 g/mol. The van der Waals surface area contributed by atoms with Crippen LogP contribution in [0.1, 0.15) is 62.4 Å². The van der Waals surface area contributed by atoms with Gasteiger partial charge in [0.05, 0.1) is 5.69 Å². The highest BCUT2D eigenvalue weighted by atomic mass is 16.6. The van der Waals surface area contributed by atoms with Crippen LogP contribution in [0.5, 0.6) is 11.5 Å². The molecule has 0 saturated heterocycles. The van der Waals surface area contributed by atoms with Gasteiger partial charge in [-0.15, -0.1) is 0 Å². The normalized spacial score (nSPS) is 10.7. The van der Waals surface area contributed by atoms with Crippen molar-refractivity contribution in [1.29, 1.82) is 0 Å². The third-order valence-electron chi connectivity index (χ3n) is 5.18. The van der Waals surface area contributed by atoms with Crippen molar-refractivity contribution < 1.29 is 9.94 Å². The molecular formula is C27H40N2O2. The Morgan fingerprint density at radius 3 is 2.19 bits per heavy atom. The van der Waals surface area contributed by atoms with E-state index in [1.165, 1.54) is 22.3 Å². The van der Waals surface area contributed by atoms with Crippen LogP contribution >= 0.6 is 0 Å². The Morgan fingerprint density at radius 2 is 1.74 bits per heavy atom. The fourth-order valence-corrected chi connectivity index (χ4v) is 3.34. The first kappa shape index (κ1) is 26.3. The van der Waals surface area contributed by atoms with Gasteiger partial charge in [-0.3, -0.25) is 0 Å². The van der Waals surface area contributed by atoms with Gasteiger partial charge in [0.1, 0.15) is 5.75 Å². The zero-order valence-electron chi connectivity index (χ0n) is 20.3. The number of rotatable bonds is 8. The van der Waals surface area contributed by atoms with Crippen molar-refractivity contribution in [3.63, 3.8) is 0 Å². The van der Waals surface area contributed by atoms with Crippen LogP contribution in [0, 0.1) is 19.8 Å². The third kappa shape index (κ3) is 7.80. The topological polar surface area (TPSA) is 67.5 Å². The van der Waals surface area contributed by atoms with Gasteiger partial charge in [0.15, 0.2) is 5.75 Å². The molecule has 2 aromatic rings. The number of anilines is 1. The predicted octanol–water partition coefficient (Wildman–Crippen LogP) is 6.73. The number of aryl methyl sites for hydroxylation is 2. The summed E-state index contributed by atoms with van der Waals surface area (Å²) in [5, 5.41) is 13.1. The van der Waals surface area contributed by atoms with E-state index in [0.717, 1.165) is 42.0 Å². The minimum Gasteiger partial charge on any atom is -0.506 e. The molecule has 0 fully saturated rings. The van der Waals surface area contributed by atoms with Crippen LogP contribution in [-0.2, 0) is 12.8 Å². The Labute approximate surface area is 188 Å². The molecule has 0 amide bonds. The molecule has 170 valence electrons. The fourth-order valence-electron chi connectivity index (χ4n) is 3.34. The number of para-hydroxylation sites is 1. The molecule has 2 aromatic carbocycles. The van der Waals surface area contributed by atoms with Crippen LogP contribution in [0.2, 0.25) is 0 Å². The Bertz CT molecular complexity index is 870. The van der Waals surface area contributed by atoms with Crippen LogP contribution < -0.4 is 16.1 Å². The second kappa shape index (κ2) is 12.9. The van der Waals surface area contributed by atoms with Crippen LogP contribution in [0.15, 0.2) is 42.5 Å². The van der Waals surface area contributed by atoms with Gasteiger partial charge in [0.25, 0.3) is 0 Å². The summed E-state index contributed by atoms with van der Waals surface area (Å²) in [4.78, 5) is 4.96. The number of allylic oxidation sites excluding steroid dienone is 2. The molecule has 0 aliphatic rings. The first-order chi connectivity index (χ1) is 14.7. The molecule has 0 saturated carbocycles. The average molecular weight is 425 g/mol. The smallest absolute Gasteiger partial charge is 0.153 e. The number of benzene rings is 2. The molecule has 4 heteroatoms. The van der Waals surface area contributed by atoms with E-state index in [0.29, 0.717) is 5.92 Å². The molecule has 0 spiro atoms. The lowest BCUT2D eigenvalue weighted by atomic mass is 9.96. The van der Waals surface area contributed by atoms with Crippen molar-refractivity contribution in [3.8, 4) is 11.5 Å². The van der Waals surface area contributed by atoms with E-state index in [-0.39, 0.29) is 5.75 Å². The van der Waals surface area contributed by atoms with Gasteiger partial charge >= 0.3 is 0 Å². The van der Waals surface area contributed by atoms with E-state index >= 15 is 0 Å². The standard InChI is InChI=1S/C15H21NO.C12H19NO/c1-11(2)8-9-13-6-5-7-14(17)15(13)16-10-12(3)4;1-5-10-7-11(6-2)9(4)12(14-13)8(10)3/h5-9,12,16-17H,1,10H2,2-4H3;7H,5-6,13H2,1-4H3/b9-8-;. The summed E-state index contributed by atoms with van der Waals surface area (Å²) < 4.78 is 0. The van der Waals surface area contributed by atoms with E-state index < -0.39 is 0 Å². The van der Waals surface area contributed by atoms with E-state index in [2.05, 4.69) is 59.5 Å². The van der Waals surface area contributed by atoms with Crippen molar-refractivity contribution >= 4 is 11.8 Å². The van der Waals surface area contributed by atoms with Crippen LogP contribution in [-0.4, -0.2) is 11.7 Å². The van der Waals surface area contributed by atoms with Gasteiger partial charge in [-0.2, -0.15) is 5.90 Å². The quantitative estimate of drug-likeness (QED) is 0.250. The number of nitrogens with one attached hydrogen (secondary N) is 1. The van der Waals surface area contributed by atoms with Crippen LogP contribution in [0.3, 0.4) is 0 Å². The first-order valence-corrected chi connectivity index (χ1v) is 11.0. The molecule has 31 heavy (non-hydrogen) atoms. The molecule has 0 radical (unpaired) electrons. The lowest BCUT2D eigenvalue weighted by Gasteiger charge is -2.15. The first-order valence-electron chi connectivity index (χ1n) is 11.0. The fraction of sp³-hybridized carbons (Fsp3) is 0.407. The van der Waals surface area contributed by atoms with E-state index in [9.17, 15) is 5.11 Å². The molecule has 0 aromatic heterocycles. The summed E-state index contributed by atoms with van der Waals surface area (Å²) in [6.07, 6.45) is 5.95. The van der Waals surface area contributed by atoms with Gasteiger partial charge in [-0.1, -0.05) is 70.2 Å². The van der Waals surface area contributed by atoms with Gasteiger partial charge in [0, 0.05) is 12.1 Å². The molecule has 2 rings (SSSR count). The zero-order chi connectivity index (χ0) is 23.6. The van der Waals surface area contributed by atoms with Gasteiger partial charge in [0.2, 0.25) is 0 Å². The molecule has 0 bridgehead atoms. The lowest BCUT2D eigenvalue weighted by molar-refractivity contribution is 0.329. The molecule has 0 atom stereocenters. The van der Waals surface area contributed by atoms with E-state index in [4.69, 9.17) is 10.7 Å². The number of phenolic OH excluding ortho intramolecular Hbond substituents is 1. The summed E-state index contributed by atoms with van der Waals surface area (Å²) >= 11 is 0. The van der Waals surface area contributed by atoms with Crippen molar-refractivity contribution in [3.05, 3.63) is 70.3 Å². The van der Waals surface area contributed by atoms with Gasteiger partial charge in [-0.25, -0.2) is 0 Å². The SMILES string of the molecule is C=C(C)/C=C\c1cccc(O)c1NCC(C)C.CCc1cc(CC)c(C)c(ON)c1C. The molecule has 0 heterocycles. The summed E-state index contributed by atoms with van der Waals surface area (Å²) in [5.41, 5.74) is 7.76. The number of hydrogen-bond acceptors (Lipinski definition) is 4. The highest BCUT2D eigenvalue weighted by Gasteiger charge is 2.11. The predicted molar refractivity (Wildman–Crippen MR) is 135 cm³/mol. The maximum Gasteiger partial charge on any atom is 0.153 e. The summed E-state index contributed by atoms with van der Waals surface area (Å²) in [7, 11) is 0. The average Bonchev–Trinajstić information content (AvgIpc) is 2.72. The van der Waals surface area contributed by atoms with Crippen molar-refractivity contribution in [2.75, 3.05) is 11.9 Å². The maximum atomic E-state index is 9.85. The van der Waals surface area contributed by atoms with E-state index in [1.807, 2.05) is 31.2 Å². The van der Waals surface area contributed by atoms with Crippen molar-refractivity contribution in [1.82, 2.24) is 0 Å². The summed E-state index contributed by atoms with van der Waals surface area (Å²) in [6, 6.07) is 7.77. The van der Waals surface area contributed by atoms with Crippen molar-refractivity contribution in [2.24, 2.45) is 11.8 Å². The Hall–Kier alpha value is -2.72. The number of hydrogen-bond donors (Lipinski definition) is 3. The van der Waals surface area contributed by atoms with E-state index in [1.54, 1.807) is 6.07 Å². The molecule has 4 N–H and O–H groups in total. The highest BCUT2D eigenvalue weighted by Crippen LogP contribution is 2.30. The minimum atomic E-state index is 0.287. The largest absolute Gasteiger partial charge is 0.506 e. The highest BCUT2D eigenvalue weighted by molar-refractivity contribution is 5.73. The van der Waals surface area contributed by atoms with Crippen LogP contribution in [0.25, 0.3) is 6.08 Å². The molecule has 0 aliphatic heterocycles. The molecular weight excluding hydrogens is 384 g/mol. The second-order valence-electron chi connectivity index (χ2n) is 8.29. The zero-order valence-corrected chi connectivity index (χ0v) is 20.3. The third-order valence-corrected chi connectivity index (χ3v) is 5.18. The second-order valence-corrected chi connectivity index (χ2v) is 8.29. The molecule has 0 unspecified atom stereocenters. The summed E-state index contributed by atoms with van der Waals surface area (Å²) in [6.45, 7) is 19.3. The Balaban J connectivity index is 0.000000316. The molecule has 0 aliphatic carbocycles. The lowest BCUT2D eigenvalue weighted by Crippen LogP contribution is -2.08.